The summed E-state index contributed by atoms with van der Waals surface area (Å²) in [5, 5.41) is 18.1. The number of methoxy groups -OCH3 is 1. The number of aliphatic hydroxyl groups is 2. The second kappa shape index (κ2) is 7.25. The first-order valence-corrected chi connectivity index (χ1v) is 5.89. The molecule has 0 spiro atoms. The van der Waals surface area contributed by atoms with Gasteiger partial charge in [-0.1, -0.05) is 27.7 Å². The predicted octanol–water partition coefficient (Wildman–Crippen LogP) is 2.45. The lowest BCUT2D eigenvalue weighted by Crippen LogP contribution is -2.36. The lowest BCUT2D eigenvalue weighted by molar-refractivity contribution is -0.0289. The van der Waals surface area contributed by atoms with Gasteiger partial charge in [-0.15, -0.1) is 0 Å². The lowest BCUT2D eigenvalue weighted by Gasteiger charge is -2.31. The first-order chi connectivity index (χ1) is 7.01. The molecular formula is C13H30O3. The molecule has 0 saturated carbocycles. The summed E-state index contributed by atoms with van der Waals surface area (Å²) >= 11 is 0. The summed E-state index contributed by atoms with van der Waals surface area (Å²) in [4.78, 5) is 0. The largest absolute Gasteiger partial charge is 0.393 e. The van der Waals surface area contributed by atoms with Crippen LogP contribution in [0.15, 0.2) is 0 Å². The maximum atomic E-state index is 9.67. The van der Waals surface area contributed by atoms with Crippen LogP contribution in [-0.2, 0) is 4.74 Å². The molecule has 0 aromatic carbocycles. The van der Waals surface area contributed by atoms with Crippen molar-refractivity contribution < 1.29 is 14.9 Å². The van der Waals surface area contributed by atoms with E-state index < -0.39 is 5.60 Å². The molecular weight excluding hydrogens is 204 g/mol. The molecule has 0 rings (SSSR count). The van der Waals surface area contributed by atoms with Crippen molar-refractivity contribution in [1.82, 2.24) is 0 Å². The topological polar surface area (TPSA) is 49.7 Å². The highest BCUT2D eigenvalue weighted by Crippen LogP contribution is 2.24. The summed E-state index contributed by atoms with van der Waals surface area (Å²) in [7, 11) is 1.58. The molecule has 0 aliphatic heterocycles. The van der Waals surface area contributed by atoms with Crippen LogP contribution in [0, 0.1) is 11.8 Å². The number of hydrogen-bond donors (Lipinski definition) is 2. The van der Waals surface area contributed by atoms with Gasteiger partial charge in [-0.05, 0) is 32.6 Å². The Morgan fingerprint density at radius 2 is 1.31 bits per heavy atom. The summed E-state index contributed by atoms with van der Waals surface area (Å²) in [6, 6.07) is 0. The first-order valence-electron chi connectivity index (χ1n) is 5.89. The van der Waals surface area contributed by atoms with Crippen molar-refractivity contribution in [3.05, 3.63) is 0 Å². The highest BCUT2D eigenvalue weighted by atomic mass is 16.5. The van der Waals surface area contributed by atoms with E-state index in [2.05, 4.69) is 0 Å². The van der Waals surface area contributed by atoms with Gasteiger partial charge >= 0.3 is 0 Å². The van der Waals surface area contributed by atoms with E-state index in [-0.39, 0.29) is 12.2 Å². The summed E-state index contributed by atoms with van der Waals surface area (Å²) < 4.78 is 4.84. The molecule has 0 bridgehead atoms. The Kier molecular flexibility index (Phi) is 8.27. The summed E-state index contributed by atoms with van der Waals surface area (Å²) in [5.41, 5.74) is -0.861. The summed E-state index contributed by atoms with van der Waals surface area (Å²) in [6.07, 6.45) is 0. The molecule has 3 heteroatoms. The minimum absolute atomic E-state index is 0.0729. The van der Waals surface area contributed by atoms with Gasteiger partial charge < -0.3 is 14.9 Å². The van der Waals surface area contributed by atoms with Crippen molar-refractivity contribution in [1.29, 1.82) is 0 Å². The van der Waals surface area contributed by atoms with E-state index in [9.17, 15) is 5.11 Å². The van der Waals surface area contributed by atoms with E-state index in [1.165, 1.54) is 0 Å². The van der Waals surface area contributed by atoms with Gasteiger partial charge in [-0.2, -0.15) is 0 Å². The molecule has 0 aromatic rings. The van der Waals surface area contributed by atoms with Gasteiger partial charge in [0.25, 0.3) is 0 Å². The highest BCUT2D eigenvalue weighted by molar-refractivity contribution is 4.79. The van der Waals surface area contributed by atoms with Crippen molar-refractivity contribution >= 4 is 0 Å². The second-order valence-electron chi connectivity index (χ2n) is 5.66. The molecule has 0 saturated heterocycles. The fourth-order valence-electron chi connectivity index (χ4n) is 0.731. The number of ether oxygens (including phenoxy) is 1. The SMILES string of the molecule is CC(C)C(C)(O)C(C)C.COC(C)(C)CO. The average Bonchev–Trinajstić information content (AvgIpc) is 2.18. The molecule has 3 nitrogen and oxygen atoms in total. The Morgan fingerprint density at radius 1 is 1.00 bits per heavy atom. The molecule has 0 radical (unpaired) electrons. The van der Waals surface area contributed by atoms with Gasteiger partial charge in [0, 0.05) is 7.11 Å². The van der Waals surface area contributed by atoms with E-state index >= 15 is 0 Å². The van der Waals surface area contributed by atoms with Gasteiger partial charge in [0.1, 0.15) is 0 Å². The smallest absolute Gasteiger partial charge is 0.0852 e. The van der Waals surface area contributed by atoms with Crippen LogP contribution in [0.25, 0.3) is 0 Å². The minimum atomic E-state index is -0.500. The molecule has 0 aromatic heterocycles. The van der Waals surface area contributed by atoms with E-state index in [1.807, 2.05) is 48.5 Å². The Morgan fingerprint density at radius 3 is 1.31 bits per heavy atom. The van der Waals surface area contributed by atoms with Gasteiger partial charge in [-0.3, -0.25) is 0 Å². The fourth-order valence-corrected chi connectivity index (χ4v) is 0.731. The molecule has 2 N–H and O–H groups in total. The number of aliphatic hydroxyl groups excluding tert-OH is 1. The zero-order chi connectivity index (χ0) is 13.6. The predicted molar refractivity (Wildman–Crippen MR) is 68.5 cm³/mol. The van der Waals surface area contributed by atoms with Crippen molar-refractivity contribution in [2.75, 3.05) is 13.7 Å². The van der Waals surface area contributed by atoms with Gasteiger partial charge in [0.05, 0.1) is 17.8 Å². The van der Waals surface area contributed by atoms with Crippen LogP contribution in [0.5, 0.6) is 0 Å². The van der Waals surface area contributed by atoms with Crippen LogP contribution >= 0.6 is 0 Å². The van der Waals surface area contributed by atoms with Crippen molar-refractivity contribution in [2.24, 2.45) is 11.8 Å². The fraction of sp³-hybridized carbons (Fsp3) is 1.00. The van der Waals surface area contributed by atoms with Gasteiger partial charge in [0.2, 0.25) is 0 Å². The molecule has 0 unspecified atom stereocenters. The monoisotopic (exact) mass is 234 g/mol. The third-order valence-electron chi connectivity index (χ3n) is 3.27. The molecule has 0 fully saturated rings. The normalized spacial score (nSPS) is 12.8. The van der Waals surface area contributed by atoms with Crippen molar-refractivity contribution in [3.8, 4) is 0 Å². The van der Waals surface area contributed by atoms with E-state index in [0.29, 0.717) is 11.8 Å². The number of hydrogen-bond acceptors (Lipinski definition) is 3. The van der Waals surface area contributed by atoms with Crippen LogP contribution in [0.2, 0.25) is 0 Å². The molecule has 16 heavy (non-hydrogen) atoms. The van der Waals surface area contributed by atoms with Crippen LogP contribution < -0.4 is 0 Å². The minimum Gasteiger partial charge on any atom is -0.393 e. The zero-order valence-electron chi connectivity index (χ0n) is 12.2. The molecule has 0 aliphatic rings. The first kappa shape index (κ1) is 18.3. The van der Waals surface area contributed by atoms with Crippen molar-refractivity contribution in [3.63, 3.8) is 0 Å². The highest BCUT2D eigenvalue weighted by Gasteiger charge is 2.28. The molecule has 0 heterocycles. The third-order valence-corrected chi connectivity index (χ3v) is 3.27. The number of rotatable bonds is 4. The second-order valence-corrected chi connectivity index (χ2v) is 5.66. The van der Waals surface area contributed by atoms with Crippen LogP contribution in [0.1, 0.15) is 48.5 Å². The van der Waals surface area contributed by atoms with E-state index in [1.54, 1.807) is 7.11 Å². The van der Waals surface area contributed by atoms with Crippen LogP contribution in [0.3, 0.4) is 0 Å². The average molecular weight is 234 g/mol. The lowest BCUT2D eigenvalue weighted by atomic mass is 9.82. The molecule has 100 valence electrons. The van der Waals surface area contributed by atoms with Gasteiger partial charge in [-0.25, -0.2) is 0 Å². The van der Waals surface area contributed by atoms with Crippen LogP contribution in [-0.4, -0.2) is 35.1 Å². The Labute approximate surface area is 101 Å². The summed E-state index contributed by atoms with van der Waals surface area (Å²) in [5.74, 6) is 0.690. The van der Waals surface area contributed by atoms with Crippen LogP contribution in [0.4, 0.5) is 0 Å². The molecule has 0 atom stereocenters. The third kappa shape index (κ3) is 7.20. The van der Waals surface area contributed by atoms with E-state index in [4.69, 9.17) is 9.84 Å². The Hall–Kier alpha value is -0.120. The Balaban J connectivity index is 0. The zero-order valence-corrected chi connectivity index (χ0v) is 12.2. The van der Waals surface area contributed by atoms with E-state index in [0.717, 1.165) is 0 Å². The van der Waals surface area contributed by atoms with Gasteiger partial charge in [0.15, 0.2) is 0 Å². The molecule has 0 aliphatic carbocycles. The van der Waals surface area contributed by atoms with Crippen molar-refractivity contribution in [2.45, 2.75) is 59.7 Å². The maximum absolute atomic E-state index is 9.67. The summed E-state index contributed by atoms with van der Waals surface area (Å²) in [6.45, 7) is 13.8. The Bertz CT molecular complexity index is 156. The standard InChI is InChI=1S/C8H18O.C5H12O2/c1-6(2)8(5,9)7(3)4;1-5(2,4-6)7-3/h6-7,9H,1-5H3;6H,4H2,1-3H3. The maximum Gasteiger partial charge on any atom is 0.0852 e. The molecule has 0 amide bonds. The quantitative estimate of drug-likeness (QED) is 0.785.